The van der Waals surface area contributed by atoms with Crippen LogP contribution in [0.2, 0.25) is 0 Å². The van der Waals surface area contributed by atoms with Gasteiger partial charge in [-0.05, 0) is 31.2 Å². The van der Waals surface area contributed by atoms with Crippen LogP contribution < -0.4 is 10.1 Å². The summed E-state index contributed by atoms with van der Waals surface area (Å²) >= 11 is 0. The van der Waals surface area contributed by atoms with E-state index < -0.39 is 30.9 Å². The maximum Gasteiger partial charge on any atom is 0.387 e. The standard InChI is InChI=1S/C18H14F2N2O4/c1-10-6-7-11-12(8-10)17(25)22(16(11)24)9-15(23)21-13-4-2-3-5-14(13)26-18(19)20/h2-8,18H,9H2,1H3,(H,21,23). The second-order valence-corrected chi connectivity index (χ2v) is 5.67. The Balaban J connectivity index is 1.74. The third kappa shape index (κ3) is 3.39. The summed E-state index contributed by atoms with van der Waals surface area (Å²) in [6.45, 7) is -1.80. The van der Waals surface area contributed by atoms with Crippen LogP contribution in [0.5, 0.6) is 5.75 Å². The number of benzene rings is 2. The molecule has 3 rings (SSSR count). The minimum atomic E-state index is -3.05. The van der Waals surface area contributed by atoms with Crippen molar-refractivity contribution in [2.75, 3.05) is 11.9 Å². The Bertz CT molecular complexity index is 899. The molecule has 134 valence electrons. The van der Waals surface area contributed by atoms with Crippen LogP contribution >= 0.6 is 0 Å². The number of anilines is 1. The molecule has 0 saturated carbocycles. The van der Waals surface area contributed by atoms with Crippen LogP contribution in [-0.4, -0.2) is 35.8 Å². The fraction of sp³-hybridized carbons (Fsp3) is 0.167. The average Bonchev–Trinajstić information content (AvgIpc) is 2.81. The molecule has 2 aromatic carbocycles. The highest BCUT2D eigenvalue weighted by atomic mass is 19.3. The van der Waals surface area contributed by atoms with Gasteiger partial charge in [-0.3, -0.25) is 19.3 Å². The van der Waals surface area contributed by atoms with E-state index in [-0.39, 0.29) is 22.6 Å². The Morgan fingerprint density at radius 2 is 1.81 bits per heavy atom. The highest BCUT2D eigenvalue weighted by Crippen LogP contribution is 2.26. The zero-order valence-electron chi connectivity index (χ0n) is 13.7. The molecule has 6 nitrogen and oxygen atoms in total. The highest BCUT2D eigenvalue weighted by Gasteiger charge is 2.36. The summed E-state index contributed by atoms with van der Waals surface area (Å²) in [5.74, 6) is -2.06. The number of hydrogen-bond donors (Lipinski definition) is 1. The Hall–Kier alpha value is -3.29. The van der Waals surface area contributed by atoms with E-state index in [1.165, 1.54) is 30.3 Å². The molecule has 1 aliphatic rings. The summed E-state index contributed by atoms with van der Waals surface area (Å²) in [4.78, 5) is 37.7. The molecule has 0 aliphatic carbocycles. The van der Waals surface area contributed by atoms with Gasteiger partial charge in [0.1, 0.15) is 12.3 Å². The third-order valence-electron chi connectivity index (χ3n) is 3.81. The lowest BCUT2D eigenvalue weighted by atomic mass is 10.1. The quantitative estimate of drug-likeness (QED) is 0.832. The van der Waals surface area contributed by atoms with Crippen LogP contribution in [0.4, 0.5) is 14.5 Å². The zero-order chi connectivity index (χ0) is 18.8. The summed E-state index contributed by atoms with van der Waals surface area (Å²) in [5, 5.41) is 2.38. The lowest BCUT2D eigenvalue weighted by molar-refractivity contribution is -0.116. The number of nitrogens with zero attached hydrogens (tertiary/aromatic N) is 1. The van der Waals surface area contributed by atoms with Crippen LogP contribution in [0, 0.1) is 6.92 Å². The number of imide groups is 1. The monoisotopic (exact) mass is 360 g/mol. The number of carbonyl (C=O) groups excluding carboxylic acids is 3. The molecule has 3 amide bonds. The Morgan fingerprint density at radius 3 is 2.54 bits per heavy atom. The van der Waals surface area contributed by atoms with Crippen molar-refractivity contribution < 1.29 is 27.9 Å². The minimum Gasteiger partial charge on any atom is -0.433 e. The number of rotatable bonds is 5. The van der Waals surface area contributed by atoms with Gasteiger partial charge in [0.25, 0.3) is 11.8 Å². The van der Waals surface area contributed by atoms with E-state index in [1.807, 2.05) is 0 Å². The van der Waals surface area contributed by atoms with E-state index in [9.17, 15) is 23.2 Å². The number of ether oxygens (including phenoxy) is 1. The largest absolute Gasteiger partial charge is 0.433 e. The van der Waals surface area contributed by atoms with Crippen LogP contribution in [0.3, 0.4) is 0 Å². The van der Waals surface area contributed by atoms with Gasteiger partial charge in [0.2, 0.25) is 5.91 Å². The molecule has 0 aromatic heterocycles. The van der Waals surface area contributed by atoms with Gasteiger partial charge in [0.05, 0.1) is 16.8 Å². The predicted molar refractivity (Wildman–Crippen MR) is 88.2 cm³/mol. The molecule has 2 aromatic rings. The molecule has 1 heterocycles. The first kappa shape index (κ1) is 17.5. The first-order valence-electron chi connectivity index (χ1n) is 7.67. The zero-order valence-corrected chi connectivity index (χ0v) is 13.7. The van der Waals surface area contributed by atoms with E-state index in [4.69, 9.17) is 0 Å². The molecule has 8 heteroatoms. The van der Waals surface area contributed by atoms with Crippen molar-refractivity contribution >= 4 is 23.4 Å². The molecule has 0 unspecified atom stereocenters. The van der Waals surface area contributed by atoms with E-state index >= 15 is 0 Å². The normalized spacial score (nSPS) is 13.2. The third-order valence-corrected chi connectivity index (χ3v) is 3.81. The fourth-order valence-electron chi connectivity index (χ4n) is 2.65. The number of aryl methyl sites for hydroxylation is 1. The molecule has 0 atom stereocenters. The number of amides is 3. The summed E-state index contributed by atoms with van der Waals surface area (Å²) in [6.07, 6.45) is 0. The summed E-state index contributed by atoms with van der Waals surface area (Å²) < 4.78 is 29.2. The van der Waals surface area contributed by atoms with Gasteiger partial charge in [-0.25, -0.2) is 0 Å². The number of nitrogens with one attached hydrogen (secondary N) is 1. The Kier molecular flexibility index (Phi) is 4.66. The first-order valence-corrected chi connectivity index (χ1v) is 7.67. The van der Waals surface area contributed by atoms with Gasteiger partial charge in [0.15, 0.2) is 0 Å². The SMILES string of the molecule is Cc1ccc2c(c1)C(=O)N(CC(=O)Nc1ccccc1OC(F)F)C2=O. The number of fused-ring (bicyclic) bond motifs is 1. The van der Waals surface area contributed by atoms with Crippen LogP contribution in [0.1, 0.15) is 26.3 Å². The van der Waals surface area contributed by atoms with E-state index in [0.29, 0.717) is 0 Å². The molecule has 0 spiro atoms. The number of halogens is 2. The van der Waals surface area contributed by atoms with Crippen LogP contribution in [-0.2, 0) is 4.79 Å². The first-order chi connectivity index (χ1) is 12.4. The molecule has 1 aliphatic heterocycles. The maximum absolute atomic E-state index is 12.4. The van der Waals surface area contributed by atoms with Crippen molar-refractivity contribution in [1.82, 2.24) is 4.90 Å². The Labute approximate surface area is 147 Å². The molecule has 0 radical (unpaired) electrons. The second-order valence-electron chi connectivity index (χ2n) is 5.67. The van der Waals surface area contributed by atoms with Crippen molar-refractivity contribution in [3.8, 4) is 5.75 Å². The van der Waals surface area contributed by atoms with Crippen molar-refractivity contribution in [3.63, 3.8) is 0 Å². The lowest BCUT2D eigenvalue weighted by Crippen LogP contribution is -2.37. The second kappa shape index (κ2) is 6.91. The van der Waals surface area contributed by atoms with Gasteiger partial charge >= 0.3 is 6.61 Å². The molecular weight excluding hydrogens is 346 g/mol. The molecular formula is C18H14F2N2O4. The van der Waals surface area contributed by atoms with Crippen LogP contribution in [0.25, 0.3) is 0 Å². The van der Waals surface area contributed by atoms with Gasteiger partial charge in [0, 0.05) is 0 Å². The number of hydrogen-bond acceptors (Lipinski definition) is 4. The minimum absolute atomic E-state index is 0.0188. The number of para-hydroxylation sites is 2. The topological polar surface area (TPSA) is 75.7 Å². The lowest BCUT2D eigenvalue weighted by Gasteiger charge is -2.15. The maximum atomic E-state index is 12.4. The van der Waals surface area contributed by atoms with Crippen molar-refractivity contribution in [2.24, 2.45) is 0 Å². The van der Waals surface area contributed by atoms with E-state index in [2.05, 4.69) is 10.1 Å². The summed E-state index contributed by atoms with van der Waals surface area (Å²) in [6, 6.07) is 10.5. The fourth-order valence-corrected chi connectivity index (χ4v) is 2.65. The molecule has 0 fully saturated rings. The number of alkyl halides is 2. The molecule has 26 heavy (non-hydrogen) atoms. The predicted octanol–water partition coefficient (Wildman–Crippen LogP) is 2.83. The average molecular weight is 360 g/mol. The van der Waals surface area contributed by atoms with Gasteiger partial charge < -0.3 is 10.1 Å². The summed E-state index contributed by atoms with van der Waals surface area (Å²) in [5.41, 5.74) is 1.30. The smallest absolute Gasteiger partial charge is 0.387 e. The van der Waals surface area contributed by atoms with Crippen molar-refractivity contribution in [1.29, 1.82) is 0 Å². The van der Waals surface area contributed by atoms with Crippen LogP contribution in [0.15, 0.2) is 42.5 Å². The van der Waals surface area contributed by atoms with Gasteiger partial charge in [-0.2, -0.15) is 8.78 Å². The molecule has 0 bridgehead atoms. The molecule has 0 saturated heterocycles. The van der Waals surface area contributed by atoms with E-state index in [1.54, 1.807) is 19.1 Å². The highest BCUT2D eigenvalue weighted by molar-refractivity contribution is 6.22. The van der Waals surface area contributed by atoms with Gasteiger partial charge in [-0.15, -0.1) is 0 Å². The summed E-state index contributed by atoms with van der Waals surface area (Å²) in [7, 11) is 0. The van der Waals surface area contributed by atoms with Crippen molar-refractivity contribution in [3.05, 3.63) is 59.2 Å². The van der Waals surface area contributed by atoms with Crippen molar-refractivity contribution in [2.45, 2.75) is 13.5 Å². The van der Waals surface area contributed by atoms with E-state index in [0.717, 1.165) is 10.5 Å². The van der Waals surface area contributed by atoms with Gasteiger partial charge in [-0.1, -0.05) is 23.8 Å². The Morgan fingerprint density at radius 1 is 1.12 bits per heavy atom. The molecule has 1 N–H and O–H groups in total. The number of carbonyl (C=O) groups is 3.